The third-order valence-electron chi connectivity index (χ3n) is 4.93. The van der Waals surface area contributed by atoms with Gasteiger partial charge in [0.05, 0.1) is 16.8 Å². The first kappa shape index (κ1) is 22.8. The highest BCUT2D eigenvalue weighted by atomic mass is 19.4. The standard InChI is InChI=1S/C21H19F4N5O2/c1-10(11-7-12(21(23,24)25)9-13(26)8-11)16-17(28-2)18(19(27)31)29-30(20(16)32)15-6-4-3-5-14(15)22/h3-10,28H,26H2,1-2H3,(H2,27,31). The number of nitrogens with one attached hydrogen (secondary N) is 1. The fraction of sp³-hybridized carbons (Fsp3) is 0.190. The van der Waals surface area contributed by atoms with Crippen molar-refractivity contribution in [1.29, 1.82) is 0 Å². The normalized spacial score (nSPS) is 12.4. The number of aromatic nitrogens is 2. The monoisotopic (exact) mass is 449 g/mol. The summed E-state index contributed by atoms with van der Waals surface area (Å²) in [5, 5.41) is 6.57. The van der Waals surface area contributed by atoms with Crippen LogP contribution in [0.4, 0.5) is 28.9 Å². The molecule has 1 unspecified atom stereocenters. The molecule has 2 aromatic carbocycles. The number of hydrogen-bond acceptors (Lipinski definition) is 5. The number of para-hydroxylation sites is 1. The first-order chi connectivity index (χ1) is 15.0. The van der Waals surface area contributed by atoms with Gasteiger partial charge in [-0.2, -0.15) is 23.0 Å². The molecule has 1 heterocycles. The molecule has 1 aromatic heterocycles. The van der Waals surface area contributed by atoms with E-state index in [1.807, 2.05) is 0 Å². The zero-order chi connectivity index (χ0) is 23.8. The Balaban J connectivity index is 2.35. The minimum Gasteiger partial charge on any atom is -0.399 e. The van der Waals surface area contributed by atoms with E-state index in [1.165, 1.54) is 38.2 Å². The molecular formula is C21H19F4N5O2. The van der Waals surface area contributed by atoms with Gasteiger partial charge in [0.2, 0.25) is 0 Å². The van der Waals surface area contributed by atoms with Gasteiger partial charge < -0.3 is 16.8 Å². The van der Waals surface area contributed by atoms with Crippen LogP contribution >= 0.6 is 0 Å². The van der Waals surface area contributed by atoms with Crippen LogP contribution in [0.1, 0.15) is 40.0 Å². The highest BCUT2D eigenvalue weighted by Crippen LogP contribution is 2.36. The Kier molecular flexibility index (Phi) is 5.93. The number of carbonyl (C=O) groups is 1. The molecule has 3 aromatic rings. The van der Waals surface area contributed by atoms with Gasteiger partial charge in [-0.1, -0.05) is 19.1 Å². The van der Waals surface area contributed by atoms with E-state index in [4.69, 9.17) is 11.5 Å². The molecule has 168 valence electrons. The van der Waals surface area contributed by atoms with E-state index in [9.17, 15) is 27.2 Å². The van der Waals surface area contributed by atoms with Crippen LogP contribution in [0.3, 0.4) is 0 Å². The number of amides is 1. The molecule has 0 aliphatic heterocycles. The van der Waals surface area contributed by atoms with Gasteiger partial charge in [0, 0.05) is 18.7 Å². The largest absolute Gasteiger partial charge is 0.416 e. The summed E-state index contributed by atoms with van der Waals surface area (Å²) in [7, 11) is 1.40. The summed E-state index contributed by atoms with van der Waals surface area (Å²) < 4.78 is 54.9. The Bertz CT molecular complexity index is 1250. The number of nitrogens with two attached hydrogens (primary N) is 2. The van der Waals surface area contributed by atoms with E-state index >= 15 is 0 Å². The lowest BCUT2D eigenvalue weighted by atomic mass is 9.90. The summed E-state index contributed by atoms with van der Waals surface area (Å²) in [6.45, 7) is 1.46. The average Bonchev–Trinajstić information content (AvgIpc) is 2.72. The maximum atomic E-state index is 14.4. The molecule has 0 bridgehead atoms. The molecule has 1 atom stereocenters. The Hall–Kier alpha value is -3.89. The van der Waals surface area contributed by atoms with Gasteiger partial charge in [-0.3, -0.25) is 9.59 Å². The zero-order valence-electron chi connectivity index (χ0n) is 17.0. The summed E-state index contributed by atoms with van der Waals surface area (Å²) in [5.74, 6) is -2.80. The van der Waals surface area contributed by atoms with E-state index in [0.717, 1.165) is 18.2 Å². The first-order valence-electron chi connectivity index (χ1n) is 9.33. The molecule has 1 amide bonds. The zero-order valence-corrected chi connectivity index (χ0v) is 17.0. The lowest BCUT2D eigenvalue weighted by Gasteiger charge is -2.21. The van der Waals surface area contributed by atoms with Gasteiger partial charge in [0.15, 0.2) is 5.69 Å². The van der Waals surface area contributed by atoms with E-state index in [1.54, 1.807) is 0 Å². The predicted octanol–water partition coefficient (Wildman–Crippen LogP) is 3.27. The number of rotatable bonds is 5. The van der Waals surface area contributed by atoms with Gasteiger partial charge in [-0.25, -0.2) is 4.39 Å². The van der Waals surface area contributed by atoms with Crippen LogP contribution in [-0.4, -0.2) is 22.7 Å². The number of nitrogens with zero attached hydrogens (tertiary/aromatic N) is 2. The maximum absolute atomic E-state index is 14.4. The summed E-state index contributed by atoms with van der Waals surface area (Å²) >= 11 is 0. The SMILES string of the molecule is CNc1c(C(N)=O)nn(-c2ccccc2F)c(=O)c1C(C)c1cc(N)cc(C(F)(F)F)c1. The predicted molar refractivity (Wildman–Crippen MR) is 111 cm³/mol. The van der Waals surface area contributed by atoms with Crippen molar-refractivity contribution in [1.82, 2.24) is 9.78 Å². The molecule has 7 nitrogen and oxygen atoms in total. The fourth-order valence-electron chi connectivity index (χ4n) is 3.41. The number of primary amides is 1. The summed E-state index contributed by atoms with van der Waals surface area (Å²) in [6, 6.07) is 8.14. The van der Waals surface area contributed by atoms with Crippen molar-refractivity contribution in [3.05, 3.63) is 81.0 Å². The topological polar surface area (TPSA) is 116 Å². The average molecular weight is 449 g/mol. The minimum atomic E-state index is -4.67. The Morgan fingerprint density at radius 1 is 1.19 bits per heavy atom. The van der Waals surface area contributed by atoms with Crippen molar-refractivity contribution >= 4 is 17.3 Å². The van der Waals surface area contributed by atoms with Crippen LogP contribution in [0.15, 0.2) is 47.3 Å². The van der Waals surface area contributed by atoms with Crippen LogP contribution in [-0.2, 0) is 6.18 Å². The van der Waals surface area contributed by atoms with E-state index in [-0.39, 0.29) is 33.9 Å². The van der Waals surface area contributed by atoms with Gasteiger partial charge in [0.25, 0.3) is 11.5 Å². The number of carbonyl (C=O) groups excluding carboxylic acids is 1. The summed E-state index contributed by atoms with van der Waals surface area (Å²) in [5.41, 5.74) is 8.32. The van der Waals surface area contributed by atoms with Crippen LogP contribution in [0.2, 0.25) is 0 Å². The van der Waals surface area contributed by atoms with Crippen molar-refractivity contribution < 1.29 is 22.4 Å². The molecule has 5 N–H and O–H groups in total. The molecule has 0 radical (unpaired) electrons. The second kappa shape index (κ2) is 8.33. The Morgan fingerprint density at radius 2 is 1.84 bits per heavy atom. The molecule has 3 rings (SSSR count). The van der Waals surface area contributed by atoms with Crippen LogP contribution in [0, 0.1) is 5.82 Å². The van der Waals surface area contributed by atoms with Crippen molar-refractivity contribution in [3.8, 4) is 5.69 Å². The lowest BCUT2D eigenvalue weighted by Crippen LogP contribution is -2.32. The number of alkyl halides is 3. The summed E-state index contributed by atoms with van der Waals surface area (Å²) in [4.78, 5) is 25.4. The fourth-order valence-corrected chi connectivity index (χ4v) is 3.41. The van der Waals surface area contributed by atoms with Crippen molar-refractivity contribution in [3.63, 3.8) is 0 Å². The van der Waals surface area contributed by atoms with E-state index in [2.05, 4.69) is 10.4 Å². The molecule has 0 aliphatic carbocycles. The third-order valence-corrected chi connectivity index (χ3v) is 4.93. The van der Waals surface area contributed by atoms with E-state index in [0.29, 0.717) is 4.68 Å². The quantitative estimate of drug-likeness (QED) is 0.408. The number of anilines is 2. The number of halogens is 4. The van der Waals surface area contributed by atoms with Crippen LogP contribution in [0.5, 0.6) is 0 Å². The van der Waals surface area contributed by atoms with Gasteiger partial charge in [-0.05, 0) is 35.9 Å². The van der Waals surface area contributed by atoms with Gasteiger partial charge >= 0.3 is 6.18 Å². The minimum absolute atomic E-state index is 0.0626. The second-order valence-corrected chi connectivity index (χ2v) is 7.03. The molecule has 0 aliphatic rings. The molecule has 32 heavy (non-hydrogen) atoms. The summed E-state index contributed by atoms with van der Waals surface area (Å²) in [6.07, 6.45) is -4.67. The molecule has 0 saturated carbocycles. The van der Waals surface area contributed by atoms with Gasteiger partial charge in [-0.15, -0.1) is 0 Å². The Morgan fingerprint density at radius 3 is 2.41 bits per heavy atom. The first-order valence-corrected chi connectivity index (χ1v) is 9.33. The molecule has 0 fully saturated rings. The van der Waals surface area contributed by atoms with Gasteiger partial charge in [0.1, 0.15) is 11.5 Å². The highest BCUT2D eigenvalue weighted by molar-refractivity contribution is 5.97. The van der Waals surface area contributed by atoms with E-state index < -0.39 is 34.9 Å². The number of nitrogen functional groups attached to an aromatic ring is 1. The van der Waals surface area contributed by atoms with Crippen LogP contribution in [0.25, 0.3) is 5.69 Å². The van der Waals surface area contributed by atoms with Crippen molar-refractivity contribution in [2.75, 3.05) is 18.1 Å². The smallest absolute Gasteiger partial charge is 0.399 e. The highest BCUT2D eigenvalue weighted by Gasteiger charge is 2.33. The molecule has 0 saturated heterocycles. The van der Waals surface area contributed by atoms with Crippen molar-refractivity contribution in [2.45, 2.75) is 19.0 Å². The third kappa shape index (κ3) is 4.13. The molecule has 11 heteroatoms. The Labute approximate surface area is 179 Å². The number of benzene rings is 2. The second-order valence-electron chi connectivity index (χ2n) is 7.03. The van der Waals surface area contributed by atoms with Crippen molar-refractivity contribution in [2.24, 2.45) is 5.73 Å². The molecule has 0 spiro atoms. The molecular weight excluding hydrogens is 430 g/mol. The lowest BCUT2D eigenvalue weighted by molar-refractivity contribution is -0.137. The van der Waals surface area contributed by atoms with Crippen LogP contribution < -0.4 is 22.3 Å². The maximum Gasteiger partial charge on any atom is 0.416 e. The number of hydrogen-bond donors (Lipinski definition) is 3.